The largest absolute Gasteiger partial charge is 0.407 e. The van der Waals surface area contributed by atoms with Crippen LogP contribution >= 0.6 is 0 Å². The van der Waals surface area contributed by atoms with E-state index in [1.165, 1.54) is 0 Å². The summed E-state index contributed by atoms with van der Waals surface area (Å²) in [4.78, 5) is 0. The zero-order chi connectivity index (χ0) is 10.9. The molecule has 3 N–H and O–H groups in total. The highest BCUT2D eigenvalue weighted by Crippen LogP contribution is 2.28. The average molecular weight is 212 g/mol. The molecule has 0 radical (unpaired) electrons. The second kappa shape index (κ2) is 3.79. The van der Waals surface area contributed by atoms with E-state index >= 15 is 0 Å². The summed E-state index contributed by atoms with van der Waals surface area (Å²) in [6, 6.07) is 0.412. The van der Waals surface area contributed by atoms with Gasteiger partial charge >= 0.3 is 6.01 Å². The van der Waals surface area contributed by atoms with Crippen LogP contribution in [-0.2, 0) is 11.3 Å². The highest BCUT2D eigenvalue weighted by atomic mass is 16.5. The third-order valence-electron chi connectivity index (χ3n) is 2.92. The van der Waals surface area contributed by atoms with Crippen molar-refractivity contribution in [1.29, 1.82) is 0 Å². The van der Waals surface area contributed by atoms with Gasteiger partial charge in [0, 0.05) is 6.61 Å². The molecule has 2 heterocycles. The first-order valence-electron chi connectivity index (χ1n) is 5.06. The SMILES string of the molecule is CC1OCCC1(C)Nc1nnc(CN)o1. The molecule has 1 aliphatic heterocycles. The van der Waals surface area contributed by atoms with Crippen LogP contribution in [0.1, 0.15) is 26.2 Å². The summed E-state index contributed by atoms with van der Waals surface area (Å²) < 4.78 is 10.8. The maximum Gasteiger partial charge on any atom is 0.316 e. The Bertz CT molecular complexity index is 341. The second-order valence-corrected chi connectivity index (χ2v) is 4.01. The molecule has 1 aromatic heterocycles. The van der Waals surface area contributed by atoms with Crippen LogP contribution in [0.25, 0.3) is 0 Å². The first kappa shape index (κ1) is 10.4. The summed E-state index contributed by atoms with van der Waals surface area (Å²) in [5, 5.41) is 10.9. The summed E-state index contributed by atoms with van der Waals surface area (Å²) in [6.07, 6.45) is 1.06. The quantitative estimate of drug-likeness (QED) is 0.759. The van der Waals surface area contributed by atoms with Crippen molar-refractivity contribution < 1.29 is 9.15 Å². The van der Waals surface area contributed by atoms with Crippen molar-refractivity contribution in [2.45, 2.75) is 38.5 Å². The van der Waals surface area contributed by atoms with E-state index in [4.69, 9.17) is 14.9 Å². The Hall–Kier alpha value is -1.14. The van der Waals surface area contributed by atoms with Crippen LogP contribution in [0.2, 0.25) is 0 Å². The topological polar surface area (TPSA) is 86.2 Å². The second-order valence-electron chi connectivity index (χ2n) is 4.01. The number of hydrogen-bond donors (Lipinski definition) is 2. The summed E-state index contributed by atoms with van der Waals surface area (Å²) in [5.74, 6) is 0.438. The first-order chi connectivity index (χ1) is 7.14. The van der Waals surface area contributed by atoms with E-state index in [2.05, 4.69) is 22.4 Å². The first-order valence-corrected chi connectivity index (χ1v) is 5.06. The van der Waals surface area contributed by atoms with Gasteiger partial charge < -0.3 is 20.2 Å². The van der Waals surface area contributed by atoms with Crippen molar-refractivity contribution >= 4 is 6.01 Å². The zero-order valence-corrected chi connectivity index (χ0v) is 8.99. The van der Waals surface area contributed by atoms with Crippen LogP contribution in [0.5, 0.6) is 0 Å². The Morgan fingerprint density at radius 3 is 2.93 bits per heavy atom. The number of hydrogen-bond acceptors (Lipinski definition) is 6. The molecule has 6 heteroatoms. The van der Waals surface area contributed by atoms with Crippen LogP contribution in [-0.4, -0.2) is 28.4 Å². The normalized spacial score (nSPS) is 30.7. The van der Waals surface area contributed by atoms with Gasteiger partial charge in [-0.3, -0.25) is 0 Å². The Morgan fingerprint density at radius 1 is 1.60 bits per heavy atom. The minimum absolute atomic E-state index is 0.130. The lowest BCUT2D eigenvalue weighted by Gasteiger charge is -2.27. The van der Waals surface area contributed by atoms with Gasteiger partial charge in [0.15, 0.2) is 0 Å². The third kappa shape index (κ3) is 1.95. The van der Waals surface area contributed by atoms with Gasteiger partial charge in [-0.25, -0.2) is 0 Å². The number of anilines is 1. The third-order valence-corrected chi connectivity index (χ3v) is 2.92. The molecule has 1 aliphatic rings. The molecule has 1 aromatic rings. The lowest BCUT2D eigenvalue weighted by Crippen LogP contribution is -2.41. The Kier molecular flexibility index (Phi) is 2.62. The number of aromatic nitrogens is 2. The van der Waals surface area contributed by atoms with Crippen molar-refractivity contribution in [3.63, 3.8) is 0 Å². The fourth-order valence-electron chi connectivity index (χ4n) is 1.63. The summed E-state index contributed by atoms with van der Waals surface area (Å²) in [7, 11) is 0. The monoisotopic (exact) mass is 212 g/mol. The van der Waals surface area contributed by atoms with E-state index in [9.17, 15) is 0 Å². The van der Waals surface area contributed by atoms with Crippen LogP contribution in [0, 0.1) is 0 Å². The van der Waals surface area contributed by atoms with E-state index in [1.54, 1.807) is 0 Å². The molecule has 2 unspecified atom stereocenters. The van der Waals surface area contributed by atoms with Gasteiger partial charge in [-0.2, -0.15) is 0 Å². The number of ether oxygens (including phenoxy) is 1. The minimum Gasteiger partial charge on any atom is -0.407 e. The van der Waals surface area contributed by atoms with Crippen molar-refractivity contribution in [3.05, 3.63) is 5.89 Å². The maximum absolute atomic E-state index is 5.50. The van der Waals surface area contributed by atoms with Gasteiger partial charge in [0.05, 0.1) is 18.2 Å². The van der Waals surface area contributed by atoms with E-state index in [-0.39, 0.29) is 18.2 Å². The predicted octanol–water partition coefficient (Wildman–Crippen LogP) is 0.508. The highest BCUT2D eigenvalue weighted by Gasteiger charge is 2.38. The van der Waals surface area contributed by atoms with Crippen molar-refractivity contribution in [3.8, 4) is 0 Å². The molecule has 0 spiro atoms. The molecule has 0 aliphatic carbocycles. The van der Waals surface area contributed by atoms with Gasteiger partial charge in [-0.15, -0.1) is 5.10 Å². The Morgan fingerprint density at radius 2 is 2.40 bits per heavy atom. The molecular weight excluding hydrogens is 196 g/mol. The molecule has 6 nitrogen and oxygen atoms in total. The molecule has 0 aromatic carbocycles. The smallest absolute Gasteiger partial charge is 0.316 e. The fraction of sp³-hybridized carbons (Fsp3) is 0.778. The lowest BCUT2D eigenvalue weighted by atomic mass is 9.95. The molecule has 0 bridgehead atoms. The van der Waals surface area contributed by atoms with E-state index < -0.39 is 0 Å². The molecule has 1 fully saturated rings. The van der Waals surface area contributed by atoms with E-state index in [0.717, 1.165) is 13.0 Å². The number of nitrogens with zero attached hydrogens (tertiary/aromatic N) is 2. The van der Waals surface area contributed by atoms with Gasteiger partial charge in [-0.05, 0) is 20.3 Å². The van der Waals surface area contributed by atoms with Gasteiger partial charge in [0.2, 0.25) is 5.89 Å². The van der Waals surface area contributed by atoms with Crippen LogP contribution in [0.3, 0.4) is 0 Å². The minimum atomic E-state index is -0.140. The predicted molar refractivity (Wildman–Crippen MR) is 54.2 cm³/mol. The fourth-order valence-corrected chi connectivity index (χ4v) is 1.63. The zero-order valence-electron chi connectivity index (χ0n) is 8.99. The van der Waals surface area contributed by atoms with Crippen LogP contribution in [0.15, 0.2) is 4.42 Å². The summed E-state index contributed by atoms with van der Waals surface area (Å²) in [5.41, 5.74) is 5.24. The number of rotatable bonds is 3. The molecule has 1 saturated heterocycles. The maximum atomic E-state index is 5.50. The highest BCUT2D eigenvalue weighted by molar-refractivity contribution is 5.25. The number of nitrogens with one attached hydrogen (secondary N) is 1. The molecule has 2 rings (SSSR count). The van der Waals surface area contributed by atoms with Crippen molar-refractivity contribution in [2.75, 3.05) is 11.9 Å². The standard InChI is InChI=1S/C9H16N4O2/c1-6-9(2,3-4-14-6)11-8-13-12-7(5-10)15-8/h6H,3-5,10H2,1-2H3,(H,11,13). The Balaban J connectivity index is 2.07. The van der Waals surface area contributed by atoms with Gasteiger partial charge in [0.1, 0.15) is 0 Å². The molecular formula is C9H16N4O2. The molecule has 0 saturated carbocycles. The van der Waals surface area contributed by atoms with Crippen LogP contribution < -0.4 is 11.1 Å². The molecule has 2 atom stereocenters. The van der Waals surface area contributed by atoms with E-state index in [1.807, 2.05) is 6.92 Å². The molecule has 15 heavy (non-hydrogen) atoms. The summed E-state index contributed by atoms with van der Waals surface area (Å²) >= 11 is 0. The average Bonchev–Trinajstić information content (AvgIpc) is 2.76. The van der Waals surface area contributed by atoms with Crippen LogP contribution in [0.4, 0.5) is 6.01 Å². The molecule has 0 amide bonds. The Labute approximate surface area is 88.2 Å². The van der Waals surface area contributed by atoms with Gasteiger partial charge in [0.25, 0.3) is 0 Å². The summed E-state index contributed by atoms with van der Waals surface area (Å²) in [6.45, 7) is 5.12. The molecule has 84 valence electrons. The van der Waals surface area contributed by atoms with Crippen molar-refractivity contribution in [2.24, 2.45) is 5.73 Å². The van der Waals surface area contributed by atoms with E-state index in [0.29, 0.717) is 11.9 Å². The van der Waals surface area contributed by atoms with Crippen molar-refractivity contribution in [1.82, 2.24) is 10.2 Å². The van der Waals surface area contributed by atoms with Gasteiger partial charge in [-0.1, -0.05) is 5.10 Å². The number of nitrogens with two attached hydrogens (primary N) is 1. The lowest BCUT2D eigenvalue weighted by molar-refractivity contribution is 0.104.